The Morgan fingerprint density at radius 3 is 2.42 bits per heavy atom. The predicted molar refractivity (Wildman–Crippen MR) is 92.6 cm³/mol. The normalized spacial score (nSPS) is 12.0. The highest BCUT2D eigenvalue weighted by Gasteiger charge is 2.26. The fourth-order valence-electron chi connectivity index (χ4n) is 2.40. The zero-order valence-electron chi connectivity index (χ0n) is 13.1. The van der Waals surface area contributed by atoms with E-state index in [0.29, 0.717) is 0 Å². The van der Waals surface area contributed by atoms with Gasteiger partial charge in [-0.1, -0.05) is 6.07 Å². The third kappa shape index (κ3) is 3.58. The fraction of sp³-hybridized carbons (Fsp3) is 0.176. The molecule has 0 aliphatic rings. The number of benzene rings is 1. The molecule has 3 aromatic rings. The van der Waals surface area contributed by atoms with Crippen LogP contribution >= 0.6 is 11.3 Å². The van der Waals surface area contributed by atoms with Crippen LogP contribution in [0.2, 0.25) is 0 Å². The number of aryl methyl sites for hydroxylation is 1. The second kappa shape index (κ2) is 6.88. The SMILES string of the molecule is Cn1cccc1CN(Cc1cccs1)S(=O)(=O)c1ccc(F)cc1. The Morgan fingerprint density at radius 2 is 1.83 bits per heavy atom. The van der Waals surface area contributed by atoms with Gasteiger partial charge < -0.3 is 4.57 Å². The smallest absolute Gasteiger partial charge is 0.243 e. The zero-order chi connectivity index (χ0) is 17.2. The maximum atomic E-state index is 13.1. The van der Waals surface area contributed by atoms with E-state index in [1.807, 2.05) is 47.5 Å². The number of hydrogen-bond acceptors (Lipinski definition) is 3. The molecule has 0 bridgehead atoms. The summed E-state index contributed by atoms with van der Waals surface area (Å²) in [5, 5.41) is 1.92. The van der Waals surface area contributed by atoms with Gasteiger partial charge in [0.15, 0.2) is 0 Å². The topological polar surface area (TPSA) is 42.3 Å². The average molecular weight is 364 g/mol. The van der Waals surface area contributed by atoms with Crippen LogP contribution in [0.3, 0.4) is 0 Å². The number of nitrogens with zero attached hydrogens (tertiary/aromatic N) is 2. The van der Waals surface area contributed by atoms with Gasteiger partial charge in [-0.3, -0.25) is 0 Å². The average Bonchev–Trinajstić information content (AvgIpc) is 3.19. The molecule has 0 saturated carbocycles. The van der Waals surface area contributed by atoms with Crippen LogP contribution in [0.25, 0.3) is 0 Å². The van der Waals surface area contributed by atoms with Crippen LogP contribution in [0.1, 0.15) is 10.6 Å². The van der Waals surface area contributed by atoms with Crippen LogP contribution in [0.4, 0.5) is 4.39 Å². The molecule has 126 valence electrons. The molecule has 3 rings (SSSR count). The Morgan fingerprint density at radius 1 is 1.08 bits per heavy atom. The van der Waals surface area contributed by atoms with Crippen molar-refractivity contribution in [3.05, 3.63) is 76.5 Å². The third-order valence-electron chi connectivity index (χ3n) is 3.75. The Hall–Kier alpha value is -1.96. The second-order valence-electron chi connectivity index (χ2n) is 5.42. The largest absolute Gasteiger partial charge is 0.353 e. The highest BCUT2D eigenvalue weighted by molar-refractivity contribution is 7.89. The molecule has 0 spiro atoms. The van der Waals surface area contributed by atoms with E-state index in [1.165, 1.54) is 39.9 Å². The number of rotatable bonds is 6. The Bertz CT molecular complexity index is 900. The van der Waals surface area contributed by atoms with Crippen LogP contribution in [0.15, 0.2) is 65.0 Å². The molecule has 0 N–H and O–H groups in total. The lowest BCUT2D eigenvalue weighted by Gasteiger charge is -2.22. The van der Waals surface area contributed by atoms with E-state index in [2.05, 4.69) is 0 Å². The molecule has 7 heteroatoms. The first-order valence-corrected chi connectivity index (χ1v) is 9.67. The van der Waals surface area contributed by atoms with Crippen molar-refractivity contribution < 1.29 is 12.8 Å². The minimum absolute atomic E-state index is 0.0923. The monoisotopic (exact) mass is 364 g/mol. The van der Waals surface area contributed by atoms with E-state index in [9.17, 15) is 12.8 Å². The van der Waals surface area contributed by atoms with E-state index < -0.39 is 15.8 Å². The van der Waals surface area contributed by atoms with Gasteiger partial charge in [0, 0.05) is 30.4 Å². The number of halogens is 1. The first kappa shape index (κ1) is 16.9. The molecular weight excluding hydrogens is 347 g/mol. The van der Waals surface area contributed by atoms with Crippen molar-refractivity contribution >= 4 is 21.4 Å². The standard InChI is InChI=1S/C17H17FN2O2S2/c1-19-10-2-4-15(19)12-20(13-16-5-3-11-23-16)24(21,22)17-8-6-14(18)7-9-17/h2-11H,12-13H2,1H3. The summed E-state index contributed by atoms with van der Waals surface area (Å²) in [6.45, 7) is 0.531. The van der Waals surface area contributed by atoms with E-state index in [-0.39, 0.29) is 18.0 Å². The minimum Gasteiger partial charge on any atom is -0.353 e. The zero-order valence-corrected chi connectivity index (χ0v) is 14.7. The lowest BCUT2D eigenvalue weighted by molar-refractivity contribution is 0.395. The van der Waals surface area contributed by atoms with Crippen molar-refractivity contribution in [2.75, 3.05) is 0 Å². The Kier molecular flexibility index (Phi) is 4.84. The van der Waals surface area contributed by atoms with Crippen molar-refractivity contribution in [3.63, 3.8) is 0 Å². The van der Waals surface area contributed by atoms with E-state index in [4.69, 9.17) is 0 Å². The van der Waals surface area contributed by atoms with Gasteiger partial charge in [-0.15, -0.1) is 11.3 Å². The van der Waals surface area contributed by atoms with Gasteiger partial charge in [0.2, 0.25) is 10.0 Å². The maximum Gasteiger partial charge on any atom is 0.243 e. The predicted octanol–water partition coefficient (Wildman–Crippen LogP) is 3.62. The van der Waals surface area contributed by atoms with Crippen molar-refractivity contribution in [2.45, 2.75) is 18.0 Å². The molecule has 2 heterocycles. The van der Waals surface area contributed by atoms with Crippen molar-refractivity contribution in [1.82, 2.24) is 8.87 Å². The molecule has 0 amide bonds. The fourth-order valence-corrected chi connectivity index (χ4v) is 4.59. The molecule has 0 atom stereocenters. The Labute approximate surface area is 144 Å². The van der Waals surface area contributed by atoms with Gasteiger partial charge in [-0.2, -0.15) is 4.31 Å². The van der Waals surface area contributed by atoms with E-state index >= 15 is 0 Å². The van der Waals surface area contributed by atoms with Crippen LogP contribution in [-0.2, 0) is 30.2 Å². The minimum atomic E-state index is -3.73. The van der Waals surface area contributed by atoms with Crippen LogP contribution in [0, 0.1) is 5.82 Å². The summed E-state index contributed by atoms with van der Waals surface area (Å²) in [5.41, 5.74) is 0.886. The van der Waals surface area contributed by atoms with Crippen LogP contribution < -0.4 is 0 Å². The summed E-state index contributed by atoms with van der Waals surface area (Å²) in [5.74, 6) is -0.457. The molecular formula is C17H17FN2O2S2. The molecule has 0 radical (unpaired) electrons. The summed E-state index contributed by atoms with van der Waals surface area (Å²) in [6, 6.07) is 12.5. The first-order valence-electron chi connectivity index (χ1n) is 7.35. The van der Waals surface area contributed by atoms with Crippen molar-refractivity contribution in [2.24, 2.45) is 7.05 Å². The van der Waals surface area contributed by atoms with Gasteiger partial charge in [-0.25, -0.2) is 12.8 Å². The summed E-state index contributed by atoms with van der Waals surface area (Å²) >= 11 is 1.51. The molecule has 0 aliphatic carbocycles. The van der Waals surface area contributed by atoms with Crippen molar-refractivity contribution in [1.29, 1.82) is 0 Å². The summed E-state index contributed by atoms with van der Waals surface area (Å²) < 4.78 is 42.5. The molecule has 0 aliphatic heterocycles. The Balaban J connectivity index is 1.96. The van der Waals surface area contributed by atoms with Gasteiger partial charge >= 0.3 is 0 Å². The van der Waals surface area contributed by atoms with Crippen LogP contribution in [0.5, 0.6) is 0 Å². The summed E-state index contributed by atoms with van der Waals surface area (Å²) in [6.07, 6.45) is 1.88. The quantitative estimate of drug-likeness (QED) is 0.670. The third-order valence-corrected chi connectivity index (χ3v) is 6.42. The summed E-state index contributed by atoms with van der Waals surface area (Å²) in [7, 11) is -1.85. The number of sulfonamides is 1. The van der Waals surface area contributed by atoms with Gasteiger partial charge in [0.1, 0.15) is 5.82 Å². The first-order chi connectivity index (χ1) is 11.5. The molecule has 0 unspecified atom stereocenters. The molecule has 4 nitrogen and oxygen atoms in total. The number of hydrogen-bond donors (Lipinski definition) is 0. The lowest BCUT2D eigenvalue weighted by atomic mass is 10.4. The lowest BCUT2D eigenvalue weighted by Crippen LogP contribution is -2.30. The molecule has 1 aromatic carbocycles. The maximum absolute atomic E-state index is 13.1. The highest BCUT2D eigenvalue weighted by Crippen LogP contribution is 2.23. The molecule has 24 heavy (non-hydrogen) atoms. The number of aromatic nitrogens is 1. The van der Waals surface area contributed by atoms with Crippen LogP contribution in [-0.4, -0.2) is 17.3 Å². The van der Waals surface area contributed by atoms with Crippen molar-refractivity contribution in [3.8, 4) is 0 Å². The van der Waals surface area contributed by atoms with Gasteiger partial charge in [-0.05, 0) is 47.8 Å². The van der Waals surface area contributed by atoms with E-state index in [0.717, 1.165) is 10.6 Å². The summed E-state index contributed by atoms with van der Waals surface area (Å²) in [4.78, 5) is 1.05. The molecule has 0 fully saturated rings. The van der Waals surface area contributed by atoms with Gasteiger partial charge in [0.25, 0.3) is 0 Å². The number of thiophene rings is 1. The van der Waals surface area contributed by atoms with Gasteiger partial charge in [0.05, 0.1) is 11.4 Å². The molecule has 2 aromatic heterocycles. The molecule has 0 saturated heterocycles. The second-order valence-corrected chi connectivity index (χ2v) is 8.39. The highest BCUT2D eigenvalue weighted by atomic mass is 32.2. The van der Waals surface area contributed by atoms with E-state index in [1.54, 1.807) is 0 Å².